The van der Waals surface area contributed by atoms with Gasteiger partial charge in [0.05, 0.1) is 16.6 Å². The van der Waals surface area contributed by atoms with Gasteiger partial charge in [-0.2, -0.15) is 0 Å². The van der Waals surface area contributed by atoms with E-state index in [1.807, 2.05) is 25.1 Å². The van der Waals surface area contributed by atoms with Gasteiger partial charge in [0.1, 0.15) is 0 Å². The van der Waals surface area contributed by atoms with Gasteiger partial charge in [-0.1, -0.05) is 26.8 Å². The minimum atomic E-state index is -0.904. The summed E-state index contributed by atoms with van der Waals surface area (Å²) in [4.78, 5) is 17.2. The van der Waals surface area contributed by atoms with Gasteiger partial charge in [-0.25, -0.2) is 4.98 Å². The van der Waals surface area contributed by atoms with Gasteiger partial charge in [0.25, 0.3) is 0 Å². The summed E-state index contributed by atoms with van der Waals surface area (Å²) in [5.74, 6) is 0.851. The third-order valence-corrected chi connectivity index (χ3v) is 5.48. The Morgan fingerprint density at radius 3 is 2.52 bits per heavy atom. The second-order valence-corrected chi connectivity index (χ2v) is 8.17. The average molecular weight is 343 g/mol. The van der Waals surface area contributed by atoms with Crippen LogP contribution in [0.15, 0.2) is 18.2 Å². The maximum atomic E-state index is 12.5. The highest BCUT2D eigenvalue weighted by Crippen LogP contribution is 2.38. The van der Waals surface area contributed by atoms with Gasteiger partial charge in [0.2, 0.25) is 11.9 Å². The van der Waals surface area contributed by atoms with Crippen LogP contribution in [0.3, 0.4) is 0 Å². The van der Waals surface area contributed by atoms with E-state index in [9.17, 15) is 9.90 Å². The molecule has 136 valence electrons. The summed E-state index contributed by atoms with van der Waals surface area (Å²) >= 11 is 0. The Morgan fingerprint density at radius 2 is 2.00 bits per heavy atom. The maximum Gasteiger partial charge on any atom is 0.229 e. The molecule has 1 aliphatic carbocycles. The van der Waals surface area contributed by atoms with Crippen LogP contribution in [0.25, 0.3) is 11.0 Å². The van der Waals surface area contributed by atoms with E-state index >= 15 is 0 Å². The Kier molecular flexibility index (Phi) is 4.62. The molecule has 25 heavy (non-hydrogen) atoms. The van der Waals surface area contributed by atoms with Crippen LogP contribution < -0.4 is 5.32 Å². The normalized spacial score (nSPS) is 16.9. The number of anilines is 1. The molecule has 0 spiro atoms. The molecule has 0 aliphatic heterocycles. The van der Waals surface area contributed by atoms with Gasteiger partial charge in [-0.3, -0.25) is 10.1 Å². The Morgan fingerprint density at radius 1 is 1.32 bits per heavy atom. The van der Waals surface area contributed by atoms with E-state index in [1.54, 1.807) is 13.8 Å². The van der Waals surface area contributed by atoms with E-state index in [0.29, 0.717) is 12.0 Å². The second kappa shape index (κ2) is 6.45. The number of aromatic nitrogens is 2. The van der Waals surface area contributed by atoms with Crippen molar-refractivity contribution in [3.63, 3.8) is 0 Å². The lowest BCUT2D eigenvalue weighted by atomic mass is 9.92. The molecule has 5 heteroatoms. The molecule has 1 aliphatic rings. The molecule has 2 aromatic rings. The van der Waals surface area contributed by atoms with Gasteiger partial charge < -0.3 is 9.67 Å². The average Bonchev–Trinajstić information content (AvgIpc) is 2.81. The number of nitrogens with zero attached hydrogens (tertiary/aromatic N) is 2. The molecule has 5 nitrogen and oxygen atoms in total. The number of carbonyl (C=O) groups excluding carboxylic acids is 1. The highest BCUT2D eigenvalue weighted by molar-refractivity contribution is 5.93. The molecule has 1 saturated carbocycles. The van der Waals surface area contributed by atoms with Crippen LogP contribution in [0.5, 0.6) is 0 Å². The smallest absolute Gasteiger partial charge is 0.229 e. The molecule has 1 heterocycles. The van der Waals surface area contributed by atoms with E-state index in [-0.39, 0.29) is 17.7 Å². The number of hydrogen-bond donors (Lipinski definition) is 2. The molecule has 1 atom stereocenters. The van der Waals surface area contributed by atoms with Gasteiger partial charge in [-0.15, -0.1) is 0 Å². The third kappa shape index (κ3) is 3.43. The minimum absolute atomic E-state index is 0.00795. The van der Waals surface area contributed by atoms with E-state index in [2.05, 4.69) is 28.7 Å². The van der Waals surface area contributed by atoms with Crippen LogP contribution >= 0.6 is 0 Å². The van der Waals surface area contributed by atoms with Crippen molar-refractivity contribution >= 4 is 22.9 Å². The lowest BCUT2D eigenvalue weighted by molar-refractivity contribution is -0.120. The van der Waals surface area contributed by atoms with E-state index in [0.717, 1.165) is 29.4 Å². The number of nitrogens with one attached hydrogen (secondary N) is 1. The van der Waals surface area contributed by atoms with Crippen molar-refractivity contribution in [1.82, 2.24) is 9.55 Å². The van der Waals surface area contributed by atoms with Crippen molar-refractivity contribution in [2.45, 2.75) is 65.5 Å². The van der Waals surface area contributed by atoms with Gasteiger partial charge in [-0.05, 0) is 56.7 Å². The number of carbonyl (C=O) groups is 1. The van der Waals surface area contributed by atoms with Crippen LogP contribution in [-0.2, 0) is 10.4 Å². The topological polar surface area (TPSA) is 67.2 Å². The van der Waals surface area contributed by atoms with Crippen LogP contribution in [0.4, 0.5) is 5.95 Å². The van der Waals surface area contributed by atoms with Crippen molar-refractivity contribution in [1.29, 1.82) is 0 Å². The zero-order chi connectivity index (χ0) is 18.4. The number of benzene rings is 1. The van der Waals surface area contributed by atoms with Crippen LogP contribution in [0.1, 0.15) is 65.5 Å². The Hall–Kier alpha value is -1.88. The molecule has 1 aromatic heterocycles. The number of amides is 1. The van der Waals surface area contributed by atoms with Crippen molar-refractivity contribution in [3.8, 4) is 0 Å². The molecule has 0 saturated heterocycles. The summed E-state index contributed by atoms with van der Waals surface area (Å²) < 4.78 is 2.15. The fraction of sp³-hybridized carbons (Fsp3) is 0.600. The lowest BCUT2D eigenvalue weighted by Gasteiger charge is -2.29. The summed E-state index contributed by atoms with van der Waals surface area (Å²) in [5.41, 5.74) is 1.79. The van der Waals surface area contributed by atoms with Crippen molar-refractivity contribution in [2.24, 2.45) is 11.8 Å². The first-order valence-corrected chi connectivity index (χ1v) is 9.24. The molecule has 1 aromatic carbocycles. The molecule has 1 amide bonds. The molecule has 0 bridgehead atoms. The van der Waals surface area contributed by atoms with Gasteiger partial charge in [0.15, 0.2) is 0 Å². The summed E-state index contributed by atoms with van der Waals surface area (Å²) in [6.45, 7) is 9.61. The lowest BCUT2D eigenvalue weighted by Crippen LogP contribution is -2.27. The standard InChI is InChI=1S/C20H29N3O2/c1-12(2)13(3)18(24)22-19-21-16-10-9-14(20(4,5)25)11-17(16)23(19)15-7-6-8-15/h9-13,15,25H,6-8H2,1-5H3,(H,21,22,24)/t13-/m0/s1. The molecule has 2 N–H and O–H groups in total. The van der Waals surface area contributed by atoms with Gasteiger partial charge in [0, 0.05) is 12.0 Å². The summed E-state index contributed by atoms with van der Waals surface area (Å²) in [6, 6.07) is 6.20. The van der Waals surface area contributed by atoms with E-state index in [4.69, 9.17) is 0 Å². The number of hydrogen-bond acceptors (Lipinski definition) is 3. The van der Waals surface area contributed by atoms with E-state index < -0.39 is 5.60 Å². The first-order valence-electron chi connectivity index (χ1n) is 9.24. The minimum Gasteiger partial charge on any atom is -0.386 e. The second-order valence-electron chi connectivity index (χ2n) is 8.17. The fourth-order valence-corrected chi connectivity index (χ4v) is 3.10. The highest BCUT2D eigenvalue weighted by atomic mass is 16.3. The van der Waals surface area contributed by atoms with E-state index in [1.165, 1.54) is 6.42 Å². The Balaban J connectivity index is 2.04. The van der Waals surface area contributed by atoms with Crippen molar-refractivity contribution in [3.05, 3.63) is 23.8 Å². The van der Waals surface area contributed by atoms with Crippen LogP contribution in [0.2, 0.25) is 0 Å². The summed E-state index contributed by atoms with van der Waals surface area (Å²) in [6.07, 6.45) is 3.40. The van der Waals surface area contributed by atoms with Crippen LogP contribution in [-0.4, -0.2) is 20.6 Å². The molecule has 0 unspecified atom stereocenters. The first kappa shape index (κ1) is 17.9. The van der Waals surface area contributed by atoms with Crippen molar-refractivity contribution < 1.29 is 9.90 Å². The van der Waals surface area contributed by atoms with Gasteiger partial charge >= 0.3 is 0 Å². The summed E-state index contributed by atoms with van der Waals surface area (Å²) in [7, 11) is 0. The molecular formula is C20H29N3O2. The number of imidazole rings is 1. The molecule has 1 fully saturated rings. The SMILES string of the molecule is CC(C)[C@H](C)C(=O)Nc1nc2ccc(C(C)(C)O)cc2n1C1CCC1. The number of aliphatic hydroxyl groups is 1. The maximum absolute atomic E-state index is 12.5. The van der Waals surface area contributed by atoms with Crippen LogP contribution in [0, 0.1) is 11.8 Å². The first-order chi connectivity index (χ1) is 11.7. The predicted octanol–water partition coefficient (Wildman–Crippen LogP) is 4.22. The number of fused-ring (bicyclic) bond motifs is 1. The molecular weight excluding hydrogens is 314 g/mol. The molecule has 3 rings (SSSR count). The Bertz CT molecular complexity index is 782. The summed E-state index contributed by atoms with van der Waals surface area (Å²) in [5, 5.41) is 13.4. The van der Waals surface area contributed by atoms with Crippen molar-refractivity contribution in [2.75, 3.05) is 5.32 Å². The fourth-order valence-electron chi connectivity index (χ4n) is 3.10. The zero-order valence-corrected chi connectivity index (χ0v) is 15.8. The number of rotatable bonds is 5. The predicted molar refractivity (Wildman–Crippen MR) is 100 cm³/mol. The highest BCUT2D eigenvalue weighted by Gasteiger charge is 2.28. The molecule has 0 radical (unpaired) electrons. The zero-order valence-electron chi connectivity index (χ0n) is 15.8. The Labute approximate surface area is 149 Å². The monoisotopic (exact) mass is 343 g/mol. The third-order valence-electron chi connectivity index (χ3n) is 5.48. The largest absolute Gasteiger partial charge is 0.386 e. The quantitative estimate of drug-likeness (QED) is 0.854.